The maximum absolute atomic E-state index is 11.3. The number of carboxylic acids is 2. The number of aliphatic carboxylic acids is 2. The Balaban J connectivity index is 4.12. The minimum absolute atomic E-state index is 0.288. The molecular formula is C10H16N4O7. The fourth-order valence-corrected chi connectivity index (χ4v) is 1.11. The molecule has 0 aromatic heterocycles. The van der Waals surface area contributed by atoms with Gasteiger partial charge in [0, 0.05) is 0 Å². The summed E-state index contributed by atoms with van der Waals surface area (Å²) in [7, 11) is 0. The molecule has 1 atom stereocenters. The molecule has 21 heavy (non-hydrogen) atoms. The maximum Gasteiger partial charge on any atom is 0.326 e. The van der Waals surface area contributed by atoms with Crippen LogP contribution >= 0.6 is 0 Å². The molecule has 0 aliphatic heterocycles. The SMILES string of the molecule is NCC(=O)NCC(=O)NCC(=O)N[C@@H](CC(=O)O)C(=O)O. The second-order valence-electron chi connectivity index (χ2n) is 3.81. The Morgan fingerprint density at radius 3 is 1.90 bits per heavy atom. The summed E-state index contributed by atoms with van der Waals surface area (Å²) >= 11 is 0. The van der Waals surface area contributed by atoms with Crippen molar-refractivity contribution in [1.29, 1.82) is 0 Å². The molecule has 3 amide bonds. The molecule has 118 valence electrons. The zero-order chi connectivity index (χ0) is 16.4. The van der Waals surface area contributed by atoms with Crippen LogP contribution < -0.4 is 21.7 Å². The van der Waals surface area contributed by atoms with E-state index in [1.807, 2.05) is 5.32 Å². The van der Waals surface area contributed by atoms with Crippen LogP contribution in [-0.2, 0) is 24.0 Å². The second-order valence-corrected chi connectivity index (χ2v) is 3.81. The number of carbonyl (C=O) groups excluding carboxylic acids is 3. The Morgan fingerprint density at radius 1 is 0.905 bits per heavy atom. The van der Waals surface area contributed by atoms with Gasteiger partial charge in [-0.1, -0.05) is 0 Å². The van der Waals surface area contributed by atoms with Gasteiger partial charge in [-0.15, -0.1) is 0 Å². The zero-order valence-electron chi connectivity index (χ0n) is 10.9. The standard InChI is InChI=1S/C10H16N4O7/c11-2-6(15)12-3-7(16)13-4-8(17)14-5(10(20)21)1-9(18)19/h5H,1-4,11H2,(H,12,15)(H,13,16)(H,14,17)(H,18,19)(H,20,21)/t5-/m0/s1. The summed E-state index contributed by atoms with van der Waals surface area (Å²) in [6.07, 6.45) is -0.790. The van der Waals surface area contributed by atoms with Crippen molar-refractivity contribution in [3.8, 4) is 0 Å². The van der Waals surface area contributed by atoms with Crippen molar-refractivity contribution in [2.75, 3.05) is 19.6 Å². The van der Waals surface area contributed by atoms with Crippen LogP contribution in [0.4, 0.5) is 0 Å². The third-order valence-corrected chi connectivity index (χ3v) is 2.09. The van der Waals surface area contributed by atoms with E-state index in [4.69, 9.17) is 15.9 Å². The first-order valence-corrected chi connectivity index (χ1v) is 5.73. The predicted octanol–water partition coefficient (Wildman–Crippen LogP) is -3.78. The van der Waals surface area contributed by atoms with E-state index < -0.39 is 48.7 Å². The van der Waals surface area contributed by atoms with E-state index in [1.165, 1.54) is 0 Å². The molecule has 0 bridgehead atoms. The Bertz CT molecular complexity index is 437. The first-order chi connectivity index (χ1) is 9.76. The van der Waals surface area contributed by atoms with Crippen molar-refractivity contribution in [2.24, 2.45) is 5.73 Å². The molecular weight excluding hydrogens is 288 g/mol. The second kappa shape index (κ2) is 9.25. The fourth-order valence-electron chi connectivity index (χ4n) is 1.11. The van der Waals surface area contributed by atoms with E-state index in [-0.39, 0.29) is 13.1 Å². The van der Waals surface area contributed by atoms with Crippen molar-refractivity contribution < 1.29 is 34.2 Å². The Kier molecular flexibility index (Phi) is 8.07. The topological polar surface area (TPSA) is 188 Å². The lowest BCUT2D eigenvalue weighted by molar-refractivity contribution is -0.147. The van der Waals surface area contributed by atoms with Crippen LogP contribution in [-0.4, -0.2) is 65.5 Å². The van der Waals surface area contributed by atoms with Gasteiger partial charge in [-0.25, -0.2) is 4.79 Å². The number of carbonyl (C=O) groups is 5. The Hall–Kier alpha value is -2.69. The van der Waals surface area contributed by atoms with Gasteiger partial charge in [0.05, 0.1) is 26.1 Å². The highest BCUT2D eigenvalue weighted by atomic mass is 16.4. The zero-order valence-corrected chi connectivity index (χ0v) is 10.9. The van der Waals surface area contributed by atoms with Crippen LogP contribution in [0.5, 0.6) is 0 Å². The van der Waals surface area contributed by atoms with E-state index in [0.29, 0.717) is 0 Å². The lowest BCUT2D eigenvalue weighted by Crippen LogP contribution is -2.48. The van der Waals surface area contributed by atoms with E-state index in [1.54, 1.807) is 0 Å². The maximum atomic E-state index is 11.3. The van der Waals surface area contributed by atoms with Gasteiger partial charge >= 0.3 is 11.9 Å². The third-order valence-electron chi connectivity index (χ3n) is 2.09. The van der Waals surface area contributed by atoms with Gasteiger partial charge in [0.25, 0.3) is 0 Å². The largest absolute Gasteiger partial charge is 0.481 e. The lowest BCUT2D eigenvalue weighted by Gasteiger charge is -2.12. The van der Waals surface area contributed by atoms with E-state index in [9.17, 15) is 24.0 Å². The monoisotopic (exact) mass is 304 g/mol. The molecule has 7 N–H and O–H groups in total. The van der Waals surface area contributed by atoms with Crippen molar-refractivity contribution in [1.82, 2.24) is 16.0 Å². The molecule has 0 saturated heterocycles. The van der Waals surface area contributed by atoms with Gasteiger partial charge in [0.1, 0.15) is 6.04 Å². The molecule has 0 fully saturated rings. The number of carboxylic acid groups (broad SMARTS) is 2. The van der Waals surface area contributed by atoms with Gasteiger partial charge in [-0.2, -0.15) is 0 Å². The highest BCUT2D eigenvalue weighted by molar-refractivity contribution is 5.91. The average Bonchev–Trinajstić information content (AvgIpc) is 2.41. The summed E-state index contributed by atoms with van der Waals surface area (Å²) < 4.78 is 0. The molecule has 0 saturated carbocycles. The molecule has 11 nitrogen and oxygen atoms in total. The summed E-state index contributed by atoms with van der Waals surface area (Å²) in [4.78, 5) is 54.4. The van der Waals surface area contributed by atoms with Gasteiger partial charge in [-0.05, 0) is 0 Å². The van der Waals surface area contributed by atoms with E-state index in [2.05, 4.69) is 10.6 Å². The summed E-state index contributed by atoms with van der Waals surface area (Å²) in [5.74, 6) is -5.01. The summed E-state index contributed by atoms with van der Waals surface area (Å²) in [6.45, 7) is -1.23. The van der Waals surface area contributed by atoms with Gasteiger partial charge in [0.15, 0.2) is 0 Å². The van der Waals surface area contributed by atoms with Gasteiger partial charge in [-0.3, -0.25) is 19.2 Å². The molecule has 0 radical (unpaired) electrons. The van der Waals surface area contributed by atoms with E-state index >= 15 is 0 Å². The van der Waals surface area contributed by atoms with Crippen molar-refractivity contribution in [3.63, 3.8) is 0 Å². The molecule has 0 aliphatic carbocycles. The van der Waals surface area contributed by atoms with Crippen LogP contribution in [0, 0.1) is 0 Å². The van der Waals surface area contributed by atoms with Crippen LogP contribution in [0.1, 0.15) is 6.42 Å². The first kappa shape index (κ1) is 18.3. The highest BCUT2D eigenvalue weighted by Gasteiger charge is 2.22. The smallest absolute Gasteiger partial charge is 0.326 e. The van der Waals surface area contributed by atoms with Crippen LogP contribution in [0.3, 0.4) is 0 Å². The van der Waals surface area contributed by atoms with Crippen LogP contribution in [0.25, 0.3) is 0 Å². The summed E-state index contributed by atoms with van der Waals surface area (Å²) in [5.41, 5.74) is 4.99. The highest BCUT2D eigenvalue weighted by Crippen LogP contribution is 1.92. The number of nitrogens with two attached hydrogens (primary N) is 1. The Labute approximate surface area is 118 Å². The lowest BCUT2D eigenvalue weighted by atomic mass is 10.2. The van der Waals surface area contributed by atoms with Crippen molar-refractivity contribution >= 4 is 29.7 Å². The number of hydrogen-bond acceptors (Lipinski definition) is 6. The third kappa shape index (κ3) is 8.93. The fraction of sp³-hybridized carbons (Fsp3) is 0.500. The Morgan fingerprint density at radius 2 is 1.43 bits per heavy atom. The van der Waals surface area contributed by atoms with Crippen molar-refractivity contribution in [3.05, 3.63) is 0 Å². The van der Waals surface area contributed by atoms with Crippen LogP contribution in [0.15, 0.2) is 0 Å². The van der Waals surface area contributed by atoms with Gasteiger partial charge < -0.3 is 31.9 Å². The summed E-state index contributed by atoms with van der Waals surface area (Å²) in [5, 5.41) is 23.4. The molecule has 0 rings (SSSR count). The number of amides is 3. The molecule has 0 aromatic rings. The minimum Gasteiger partial charge on any atom is -0.481 e. The molecule has 0 aromatic carbocycles. The predicted molar refractivity (Wildman–Crippen MR) is 66.9 cm³/mol. The van der Waals surface area contributed by atoms with Crippen LogP contribution in [0.2, 0.25) is 0 Å². The average molecular weight is 304 g/mol. The molecule has 0 unspecified atom stereocenters. The number of nitrogens with one attached hydrogen (secondary N) is 3. The molecule has 11 heteroatoms. The number of rotatable bonds is 9. The molecule has 0 spiro atoms. The molecule has 0 aliphatic rings. The van der Waals surface area contributed by atoms with Gasteiger partial charge in [0.2, 0.25) is 17.7 Å². The summed E-state index contributed by atoms with van der Waals surface area (Å²) in [6, 6.07) is -1.59. The normalized spacial score (nSPS) is 11.1. The van der Waals surface area contributed by atoms with Crippen molar-refractivity contribution in [2.45, 2.75) is 12.5 Å². The number of hydrogen-bond donors (Lipinski definition) is 6. The minimum atomic E-state index is -1.59. The van der Waals surface area contributed by atoms with E-state index in [0.717, 1.165) is 0 Å². The quantitative estimate of drug-likeness (QED) is 0.250. The first-order valence-electron chi connectivity index (χ1n) is 5.73. The molecule has 0 heterocycles.